The summed E-state index contributed by atoms with van der Waals surface area (Å²) < 4.78 is 18.7. The van der Waals surface area contributed by atoms with Crippen LogP contribution in [-0.4, -0.2) is 48.3 Å². The van der Waals surface area contributed by atoms with Crippen LogP contribution in [0.25, 0.3) is 0 Å². The number of benzene rings is 2. The van der Waals surface area contributed by atoms with Gasteiger partial charge in [0, 0.05) is 13.6 Å². The van der Waals surface area contributed by atoms with Gasteiger partial charge in [0.05, 0.1) is 7.11 Å². The smallest absolute Gasteiger partial charge is 0.325 e. The molecule has 8 heteroatoms. The number of rotatable bonds is 6. The van der Waals surface area contributed by atoms with Gasteiger partial charge in [0.25, 0.3) is 5.91 Å². The van der Waals surface area contributed by atoms with Crippen LogP contribution in [0.15, 0.2) is 48.5 Å². The first-order chi connectivity index (χ1) is 13.8. The van der Waals surface area contributed by atoms with Crippen LogP contribution in [0.2, 0.25) is 0 Å². The summed E-state index contributed by atoms with van der Waals surface area (Å²) in [5.74, 6) is -1.35. The van der Waals surface area contributed by atoms with E-state index in [9.17, 15) is 18.8 Å². The molecule has 0 spiro atoms. The van der Waals surface area contributed by atoms with Crippen molar-refractivity contribution >= 4 is 17.8 Å². The number of hydrogen-bond acceptors (Lipinski definition) is 4. The number of carbonyl (C=O) groups excluding carboxylic acids is 3. The second-order valence-electron chi connectivity index (χ2n) is 7.03. The van der Waals surface area contributed by atoms with E-state index in [1.807, 2.05) is 6.07 Å². The Bertz CT molecular complexity index is 950. The summed E-state index contributed by atoms with van der Waals surface area (Å²) in [7, 11) is 2.90. The molecule has 1 aliphatic heterocycles. The van der Waals surface area contributed by atoms with Crippen LogP contribution in [0.4, 0.5) is 9.18 Å². The van der Waals surface area contributed by atoms with Crippen LogP contribution in [0.3, 0.4) is 0 Å². The molecule has 0 bridgehead atoms. The van der Waals surface area contributed by atoms with E-state index < -0.39 is 35.7 Å². The Hall–Kier alpha value is -3.42. The zero-order chi connectivity index (χ0) is 21.2. The maximum atomic E-state index is 13.8. The van der Waals surface area contributed by atoms with Gasteiger partial charge in [-0.3, -0.25) is 14.5 Å². The Morgan fingerprint density at radius 1 is 1.21 bits per heavy atom. The Morgan fingerprint density at radius 2 is 1.90 bits per heavy atom. The molecule has 1 aliphatic rings. The lowest BCUT2D eigenvalue weighted by atomic mass is 9.92. The number of ether oxygens (including phenoxy) is 1. The largest absolute Gasteiger partial charge is 0.494 e. The normalized spacial score (nSPS) is 18.6. The van der Waals surface area contributed by atoms with E-state index in [4.69, 9.17) is 4.74 Å². The van der Waals surface area contributed by atoms with Gasteiger partial charge >= 0.3 is 6.03 Å². The van der Waals surface area contributed by atoms with Crippen molar-refractivity contribution in [2.75, 3.05) is 20.7 Å². The second kappa shape index (κ2) is 7.90. The molecule has 2 aromatic rings. The van der Waals surface area contributed by atoms with Gasteiger partial charge in [-0.2, -0.15) is 0 Å². The minimum atomic E-state index is -1.23. The molecule has 0 aromatic heterocycles. The number of carbonyl (C=O) groups is 3. The van der Waals surface area contributed by atoms with Crippen molar-refractivity contribution in [1.29, 1.82) is 0 Å². The number of likely N-dealkylation sites (N-methyl/N-ethyl adjacent to an activating group) is 1. The molecule has 1 fully saturated rings. The van der Waals surface area contributed by atoms with Gasteiger partial charge in [-0.05, 0) is 30.2 Å². The third kappa shape index (κ3) is 3.91. The highest BCUT2D eigenvalue weighted by molar-refractivity contribution is 6.09. The van der Waals surface area contributed by atoms with E-state index in [1.54, 1.807) is 37.3 Å². The van der Waals surface area contributed by atoms with E-state index in [-0.39, 0.29) is 12.3 Å². The molecule has 152 valence electrons. The lowest BCUT2D eigenvalue weighted by Gasteiger charge is -2.23. The summed E-state index contributed by atoms with van der Waals surface area (Å²) in [5, 5.41) is 2.66. The second-order valence-corrected chi connectivity index (χ2v) is 7.03. The predicted molar refractivity (Wildman–Crippen MR) is 103 cm³/mol. The zero-order valence-electron chi connectivity index (χ0n) is 16.4. The van der Waals surface area contributed by atoms with Crippen LogP contribution in [0, 0.1) is 5.82 Å². The predicted octanol–water partition coefficient (Wildman–Crippen LogP) is 2.26. The van der Waals surface area contributed by atoms with E-state index in [0.29, 0.717) is 11.1 Å². The summed E-state index contributed by atoms with van der Waals surface area (Å²) in [6, 6.07) is 12.6. The molecule has 3 rings (SSSR count). The summed E-state index contributed by atoms with van der Waals surface area (Å²) in [6.45, 7) is 1.33. The van der Waals surface area contributed by atoms with Crippen LogP contribution in [-0.2, 0) is 21.7 Å². The number of amides is 4. The SMILES string of the molecule is COc1ccc(CN(C)C(=O)CN2C(=O)NC(C)(c3ccccc3)C2=O)cc1F. The first kappa shape index (κ1) is 20.3. The molecule has 0 saturated carbocycles. The molecule has 1 N–H and O–H groups in total. The fourth-order valence-electron chi connectivity index (χ4n) is 3.23. The van der Waals surface area contributed by atoms with Gasteiger partial charge in [-0.25, -0.2) is 9.18 Å². The lowest BCUT2D eigenvalue weighted by Crippen LogP contribution is -2.43. The first-order valence-electron chi connectivity index (χ1n) is 9.02. The first-order valence-corrected chi connectivity index (χ1v) is 9.02. The Labute approximate surface area is 168 Å². The number of hydrogen-bond donors (Lipinski definition) is 1. The van der Waals surface area contributed by atoms with Crippen LogP contribution in [0.5, 0.6) is 5.75 Å². The topological polar surface area (TPSA) is 79.0 Å². The van der Waals surface area contributed by atoms with Crippen molar-refractivity contribution in [3.8, 4) is 5.75 Å². The summed E-state index contributed by atoms with van der Waals surface area (Å²) in [6.07, 6.45) is 0. The molecule has 1 unspecified atom stereocenters. The Morgan fingerprint density at radius 3 is 2.52 bits per heavy atom. The Balaban J connectivity index is 1.69. The molecule has 0 aliphatic carbocycles. The fraction of sp³-hybridized carbons (Fsp3) is 0.286. The molecule has 29 heavy (non-hydrogen) atoms. The average Bonchev–Trinajstić information content (AvgIpc) is 2.92. The quantitative estimate of drug-likeness (QED) is 0.756. The summed E-state index contributed by atoms with van der Waals surface area (Å²) in [4.78, 5) is 40.1. The van der Waals surface area contributed by atoms with Gasteiger partial charge in [0.15, 0.2) is 11.6 Å². The Kier molecular flexibility index (Phi) is 5.54. The van der Waals surface area contributed by atoms with Crippen LogP contribution in [0.1, 0.15) is 18.1 Å². The number of nitrogens with one attached hydrogen (secondary N) is 1. The standard InChI is InChI=1S/C21H22FN3O4/c1-21(15-7-5-4-6-8-15)19(27)25(20(28)23-21)13-18(26)24(2)12-14-9-10-17(29-3)16(22)11-14/h4-11H,12-13H2,1-3H3,(H,23,28). The van der Waals surface area contributed by atoms with Gasteiger partial charge in [-0.1, -0.05) is 36.4 Å². The lowest BCUT2D eigenvalue weighted by molar-refractivity contribution is -0.138. The number of nitrogens with zero attached hydrogens (tertiary/aromatic N) is 2. The molecule has 1 saturated heterocycles. The highest BCUT2D eigenvalue weighted by Crippen LogP contribution is 2.28. The maximum absolute atomic E-state index is 13.8. The minimum absolute atomic E-state index is 0.113. The molecule has 1 heterocycles. The van der Waals surface area contributed by atoms with E-state index in [2.05, 4.69) is 5.32 Å². The van der Waals surface area contributed by atoms with Gasteiger partial charge in [0.1, 0.15) is 12.1 Å². The zero-order valence-corrected chi connectivity index (χ0v) is 16.4. The molecule has 7 nitrogen and oxygen atoms in total. The van der Waals surface area contributed by atoms with Crippen molar-refractivity contribution in [3.63, 3.8) is 0 Å². The highest BCUT2D eigenvalue weighted by atomic mass is 19.1. The van der Waals surface area contributed by atoms with Crippen molar-refractivity contribution in [2.24, 2.45) is 0 Å². The third-order valence-electron chi connectivity index (χ3n) is 4.98. The molecular formula is C21H22FN3O4. The number of imide groups is 1. The summed E-state index contributed by atoms with van der Waals surface area (Å²) in [5.41, 5.74) is -0.0307. The van der Waals surface area contributed by atoms with E-state index in [1.165, 1.54) is 31.2 Å². The molecular weight excluding hydrogens is 377 g/mol. The van der Waals surface area contributed by atoms with Crippen molar-refractivity contribution < 1.29 is 23.5 Å². The van der Waals surface area contributed by atoms with Gasteiger partial charge in [0.2, 0.25) is 5.91 Å². The highest BCUT2D eigenvalue weighted by Gasteiger charge is 2.49. The maximum Gasteiger partial charge on any atom is 0.325 e. The minimum Gasteiger partial charge on any atom is -0.494 e. The molecule has 4 amide bonds. The van der Waals surface area contributed by atoms with Gasteiger partial charge in [-0.15, -0.1) is 0 Å². The number of urea groups is 1. The molecule has 1 atom stereocenters. The van der Waals surface area contributed by atoms with Gasteiger partial charge < -0.3 is 15.0 Å². The fourth-order valence-corrected chi connectivity index (χ4v) is 3.23. The van der Waals surface area contributed by atoms with Crippen molar-refractivity contribution in [2.45, 2.75) is 19.0 Å². The van der Waals surface area contributed by atoms with Crippen molar-refractivity contribution in [1.82, 2.24) is 15.1 Å². The van der Waals surface area contributed by atoms with Crippen molar-refractivity contribution in [3.05, 3.63) is 65.5 Å². The average molecular weight is 399 g/mol. The van der Waals surface area contributed by atoms with Crippen LogP contribution >= 0.6 is 0 Å². The summed E-state index contributed by atoms with van der Waals surface area (Å²) >= 11 is 0. The van der Waals surface area contributed by atoms with E-state index in [0.717, 1.165) is 4.90 Å². The third-order valence-corrected chi connectivity index (χ3v) is 4.98. The monoisotopic (exact) mass is 399 g/mol. The molecule has 0 radical (unpaired) electrons. The number of methoxy groups -OCH3 is 1. The van der Waals surface area contributed by atoms with Crippen LogP contribution < -0.4 is 10.1 Å². The number of halogens is 1. The molecule has 2 aromatic carbocycles. The van der Waals surface area contributed by atoms with E-state index >= 15 is 0 Å².